The smallest absolute Gasteiger partial charge is 0.161 e. The second-order valence-electron chi connectivity index (χ2n) is 4.17. The van der Waals surface area contributed by atoms with Gasteiger partial charge in [0.2, 0.25) is 0 Å². The van der Waals surface area contributed by atoms with Gasteiger partial charge in [-0.1, -0.05) is 23.2 Å². The second kappa shape index (κ2) is 5.57. The van der Waals surface area contributed by atoms with Crippen LogP contribution in [0.25, 0.3) is 22.6 Å². The summed E-state index contributed by atoms with van der Waals surface area (Å²) < 4.78 is 0. The quantitative estimate of drug-likeness (QED) is 0.699. The van der Waals surface area contributed by atoms with Crippen molar-refractivity contribution < 1.29 is 0 Å². The summed E-state index contributed by atoms with van der Waals surface area (Å²) in [4.78, 5) is 12.9. The molecule has 0 aliphatic rings. The fraction of sp³-hybridized carbons (Fsp3) is 0. The minimum Gasteiger partial charge on any atom is -0.264 e. The van der Waals surface area contributed by atoms with Crippen molar-refractivity contribution in [1.82, 2.24) is 15.0 Å². The van der Waals surface area contributed by atoms with Gasteiger partial charge in [-0.2, -0.15) is 0 Å². The molecule has 0 unspecified atom stereocenters. The predicted molar refractivity (Wildman–Crippen MR) is 80.7 cm³/mol. The Morgan fingerprint density at radius 3 is 2.35 bits per heavy atom. The third-order valence-electron chi connectivity index (χ3n) is 2.73. The van der Waals surface area contributed by atoms with E-state index in [2.05, 4.69) is 15.0 Å². The van der Waals surface area contributed by atoms with E-state index in [4.69, 9.17) is 23.2 Å². The zero-order valence-corrected chi connectivity index (χ0v) is 11.8. The molecule has 3 rings (SSSR count). The van der Waals surface area contributed by atoms with Crippen molar-refractivity contribution in [3.05, 3.63) is 65.0 Å². The van der Waals surface area contributed by atoms with Crippen molar-refractivity contribution in [2.75, 3.05) is 0 Å². The highest BCUT2D eigenvalue weighted by atomic mass is 35.5. The van der Waals surface area contributed by atoms with Gasteiger partial charge >= 0.3 is 0 Å². The molecule has 0 saturated carbocycles. The van der Waals surface area contributed by atoms with Crippen LogP contribution in [0.4, 0.5) is 0 Å². The average molecular weight is 302 g/mol. The number of hydrogen-bond acceptors (Lipinski definition) is 3. The number of rotatable bonds is 2. The third-order valence-corrected chi connectivity index (χ3v) is 3.17. The standard InChI is InChI=1S/C15H9Cl2N3/c16-12-6-11(7-13(17)8-12)14-3-5-19-15(20-14)10-2-1-4-18-9-10/h1-9H. The molecule has 5 heteroatoms. The maximum atomic E-state index is 6.02. The molecule has 0 spiro atoms. The van der Waals surface area contributed by atoms with Crippen LogP contribution in [-0.2, 0) is 0 Å². The van der Waals surface area contributed by atoms with Crippen LogP contribution in [-0.4, -0.2) is 15.0 Å². The lowest BCUT2D eigenvalue weighted by Gasteiger charge is -2.05. The molecule has 1 aromatic carbocycles. The number of halogens is 2. The summed E-state index contributed by atoms with van der Waals surface area (Å²) in [5.74, 6) is 0.617. The molecule has 2 aromatic heterocycles. The van der Waals surface area contributed by atoms with Crippen LogP contribution in [0.1, 0.15) is 0 Å². The molecule has 0 amide bonds. The summed E-state index contributed by atoms with van der Waals surface area (Å²) in [6.07, 6.45) is 5.15. The van der Waals surface area contributed by atoms with Gasteiger partial charge in [-0.3, -0.25) is 4.98 Å². The van der Waals surface area contributed by atoms with Gasteiger partial charge in [0.05, 0.1) is 5.69 Å². The molecule has 0 saturated heterocycles. The van der Waals surface area contributed by atoms with E-state index in [1.165, 1.54) is 0 Å². The minimum absolute atomic E-state index is 0.578. The molecule has 3 aromatic rings. The predicted octanol–water partition coefficient (Wildman–Crippen LogP) is 4.51. The summed E-state index contributed by atoms with van der Waals surface area (Å²) >= 11 is 12.0. The maximum absolute atomic E-state index is 6.02. The summed E-state index contributed by atoms with van der Waals surface area (Å²) in [6.45, 7) is 0. The minimum atomic E-state index is 0.578. The van der Waals surface area contributed by atoms with Crippen LogP contribution in [0.3, 0.4) is 0 Å². The van der Waals surface area contributed by atoms with Crippen LogP contribution in [0.2, 0.25) is 10.0 Å². The second-order valence-corrected chi connectivity index (χ2v) is 5.04. The largest absolute Gasteiger partial charge is 0.264 e. The van der Waals surface area contributed by atoms with E-state index in [1.807, 2.05) is 30.3 Å². The molecule has 0 radical (unpaired) electrons. The van der Waals surface area contributed by atoms with Crippen molar-refractivity contribution in [2.24, 2.45) is 0 Å². The SMILES string of the molecule is Clc1cc(Cl)cc(-c2ccnc(-c3cccnc3)n2)c1. The lowest BCUT2D eigenvalue weighted by atomic mass is 10.1. The number of benzene rings is 1. The van der Waals surface area contributed by atoms with Crippen molar-refractivity contribution in [1.29, 1.82) is 0 Å². The summed E-state index contributed by atoms with van der Waals surface area (Å²) in [5, 5.41) is 1.16. The highest BCUT2D eigenvalue weighted by molar-refractivity contribution is 6.35. The normalized spacial score (nSPS) is 10.5. The average Bonchev–Trinajstić information content (AvgIpc) is 2.47. The first-order valence-corrected chi connectivity index (χ1v) is 6.68. The van der Waals surface area contributed by atoms with Gasteiger partial charge in [-0.05, 0) is 36.4 Å². The van der Waals surface area contributed by atoms with Crippen molar-refractivity contribution >= 4 is 23.2 Å². The van der Waals surface area contributed by atoms with Gasteiger partial charge in [0.25, 0.3) is 0 Å². The van der Waals surface area contributed by atoms with Gasteiger partial charge in [0, 0.05) is 39.8 Å². The van der Waals surface area contributed by atoms with Crippen molar-refractivity contribution in [3.63, 3.8) is 0 Å². The van der Waals surface area contributed by atoms with E-state index in [0.29, 0.717) is 15.9 Å². The molecule has 0 aliphatic carbocycles. The maximum Gasteiger partial charge on any atom is 0.161 e. The molecule has 98 valence electrons. The molecule has 0 fully saturated rings. The fourth-order valence-corrected chi connectivity index (χ4v) is 2.38. The number of hydrogen-bond donors (Lipinski definition) is 0. The van der Waals surface area contributed by atoms with Crippen LogP contribution in [0, 0.1) is 0 Å². The van der Waals surface area contributed by atoms with E-state index in [0.717, 1.165) is 16.8 Å². The van der Waals surface area contributed by atoms with Crippen molar-refractivity contribution in [3.8, 4) is 22.6 Å². The molecule has 0 aliphatic heterocycles. The zero-order chi connectivity index (χ0) is 13.9. The molecule has 20 heavy (non-hydrogen) atoms. The highest BCUT2D eigenvalue weighted by Gasteiger charge is 2.06. The number of aromatic nitrogens is 3. The van der Waals surface area contributed by atoms with Gasteiger partial charge in [0.1, 0.15) is 0 Å². The first-order valence-electron chi connectivity index (χ1n) is 5.92. The molecular weight excluding hydrogens is 293 g/mol. The Morgan fingerprint density at radius 2 is 1.65 bits per heavy atom. The Kier molecular flexibility index (Phi) is 3.63. The Balaban J connectivity index is 2.07. The Morgan fingerprint density at radius 1 is 0.850 bits per heavy atom. The summed E-state index contributed by atoms with van der Waals surface area (Å²) in [5.41, 5.74) is 2.49. The Hall–Kier alpha value is -1.97. The third kappa shape index (κ3) is 2.79. The lowest BCUT2D eigenvalue weighted by molar-refractivity contribution is 1.17. The summed E-state index contributed by atoms with van der Waals surface area (Å²) in [7, 11) is 0. The van der Waals surface area contributed by atoms with Gasteiger partial charge in [-0.25, -0.2) is 9.97 Å². The van der Waals surface area contributed by atoms with Crippen LogP contribution in [0.15, 0.2) is 55.0 Å². The first-order chi connectivity index (χ1) is 9.72. The molecule has 0 atom stereocenters. The molecule has 2 heterocycles. The van der Waals surface area contributed by atoms with E-state index < -0.39 is 0 Å². The van der Waals surface area contributed by atoms with Crippen LogP contribution >= 0.6 is 23.2 Å². The zero-order valence-electron chi connectivity index (χ0n) is 10.3. The van der Waals surface area contributed by atoms with Gasteiger partial charge in [-0.15, -0.1) is 0 Å². The van der Waals surface area contributed by atoms with Crippen molar-refractivity contribution in [2.45, 2.75) is 0 Å². The Bertz CT molecular complexity index is 725. The number of nitrogens with zero attached hydrogens (tertiary/aromatic N) is 3. The molecule has 3 nitrogen and oxygen atoms in total. The monoisotopic (exact) mass is 301 g/mol. The number of pyridine rings is 1. The van der Waals surface area contributed by atoms with Gasteiger partial charge in [0.15, 0.2) is 5.82 Å². The topological polar surface area (TPSA) is 38.7 Å². The molecule has 0 bridgehead atoms. The molecule has 0 N–H and O–H groups in total. The van der Waals surface area contributed by atoms with E-state index in [9.17, 15) is 0 Å². The van der Waals surface area contributed by atoms with Gasteiger partial charge < -0.3 is 0 Å². The van der Waals surface area contributed by atoms with Crippen LogP contribution in [0.5, 0.6) is 0 Å². The first kappa shape index (κ1) is 13.0. The molecular formula is C15H9Cl2N3. The van der Waals surface area contributed by atoms with E-state index in [-0.39, 0.29) is 0 Å². The van der Waals surface area contributed by atoms with Crippen LogP contribution < -0.4 is 0 Å². The summed E-state index contributed by atoms with van der Waals surface area (Å²) in [6, 6.07) is 10.9. The van der Waals surface area contributed by atoms with E-state index >= 15 is 0 Å². The van der Waals surface area contributed by atoms with E-state index in [1.54, 1.807) is 24.7 Å². The Labute approximate surface area is 126 Å². The fourth-order valence-electron chi connectivity index (χ4n) is 1.86. The lowest BCUT2D eigenvalue weighted by Crippen LogP contribution is -1.92. The highest BCUT2D eigenvalue weighted by Crippen LogP contribution is 2.26.